The Kier molecular flexibility index (Phi) is 6.82. The van der Waals surface area contributed by atoms with Crippen molar-refractivity contribution in [3.8, 4) is 17.2 Å². The number of anilines is 1. The van der Waals surface area contributed by atoms with Gasteiger partial charge >= 0.3 is 5.76 Å². The quantitative estimate of drug-likeness (QED) is 0.215. The molecule has 12 nitrogen and oxygen atoms in total. The van der Waals surface area contributed by atoms with Gasteiger partial charge in [-0.2, -0.15) is 0 Å². The highest BCUT2D eigenvalue weighted by Gasteiger charge is 2.25. The van der Waals surface area contributed by atoms with Gasteiger partial charge in [0.1, 0.15) is 5.82 Å². The average molecular weight is 523 g/mol. The normalized spacial score (nSPS) is 13.8. The molecule has 14 heteroatoms. The minimum atomic E-state index is -0.786. The maximum absolute atomic E-state index is 13.6. The number of hydrogen-bond acceptors (Lipinski definition) is 9. The smallest absolute Gasteiger partial charge is 0.370 e. The summed E-state index contributed by atoms with van der Waals surface area (Å²) >= 11 is 3.09. The fraction of sp³-hybridized carbons (Fsp3) is 0.368. The molecular weight excluding hydrogens is 503 g/mol. The monoisotopic (exact) mass is 522 g/mol. The number of nitrogens with zero attached hydrogens (tertiary/aromatic N) is 5. The molecule has 2 heterocycles. The van der Waals surface area contributed by atoms with Crippen LogP contribution in [0.5, 0.6) is 0 Å². The zero-order valence-electron chi connectivity index (χ0n) is 17.3. The van der Waals surface area contributed by atoms with Gasteiger partial charge in [0.25, 0.3) is 0 Å². The Balaban J connectivity index is 1.37. The topological polar surface area (TPSA) is 166 Å². The first-order valence-corrected chi connectivity index (χ1v) is 10.9. The maximum Gasteiger partial charge on any atom is 0.446 e. The second kappa shape index (κ2) is 9.94. The van der Waals surface area contributed by atoms with Gasteiger partial charge in [-0.3, -0.25) is 19.6 Å². The third kappa shape index (κ3) is 5.63. The van der Waals surface area contributed by atoms with Gasteiger partial charge in [0.2, 0.25) is 17.5 Å². The van der Waals surface area contributed by atoms with Crippen molar-refractivity contribution in [3.05, 3.63) is 39.0 Å². The van der Waals surface area contributed by atoms with Crippen LogP contribution in [-0.4, -0.2) is 45.0 Å². The predicted molar refractivity (Wildman–Crippen MR) is 118 cm³/mol. The van der Waals surface area contributed by atoms with E-state index in [1.807, 2.05) is 0 Å². The summed E-state index contributed by atoms with van der Waals surface area (Å²) in [6.45, 7) is 0.777. The van der Waals surface area contributed by atoms with E-state index in [0.717, 1.165) is 17.4 Å². The summed E-state index contributed by atoms with van der Waals surface area (Å²) in [6.07, 6.45) is 3.20. The Morgan fingerprint density at radius 2 is 2.15 bits per heavy atom. The number of aromatic nitrogens is 4. The summed E-state index contributed by atoms with van der Waals surface area (Å²) in [4.78, 5) is 28.1. The largest absolute Gasteiger partial charge is 0.446 e. The van der Waals surface area contributed by atoms with Crippen LogP contribution in [0.25, 0.3) is 17.2 Å². The summed E-state index contributed by atoms with van der Waals surface area (Å²) in [5, 5.41) is 16.9. The SMILES string of the molecule is NC(=NCCCNc1nonc1-c1noc(=O)n1-c1ccc(F)c(Br)c1)NC(=O)CC1CC1. The first kappa shape index (κ1) is 22.6. The highest BCUT2D eigenvalue weighted by Crippen LogP contribution is 2.32. The van der Waals surface area contributed by atoms with Gasteiger partial charge in [0.15, 0.2) is 11.7 Å². The molecule has 0 aliphatic heterocycles. The molecule has 1 fully saturated rings. The fourth-order valence-electron chi connectivity index (χ4n) is 3.01. The Morgan fingerprint density at radius 3 is 2.91 bits per heavy atom. The van der Waals surface area contributed by atoms with E-state index in [9.17, 15) is 14.0 Å². The maximum atomic E-state index is 13.6. The number of halogens is 2. The molecule has 1 saturated carbocycles. The van der Waals surface area contributed by atoms with E-state index >= 15 is 0 Å². The first-order valence-electron chi connectivity index (χ1n) is 10.1. The van der Waals surface area contributed by atoms with E-state index in [-0.39, 0.29) is 33.7 Å². The van der Waals surface area contributed by atoms with Crippen LogP contribution in [-0.2, 0) is 4.79 Å². The summed E-state index contributed by atoms with van der Waals surface area (Å²) < 4.78 is 24.4. The van der Waals surface area contributed by atoms with Gasteiger partial charge in [-0.05, 0) is 69.6 Å². The molecule has 0 bridgehead atoms. The molecule has 2 aromatic heterocycles. The molecule has 1 amide bonds. The molecule has 0 radical (unpaired) electrons. The van der Waals surface area contributed by atoms with Gasteiger partial charge in [0.05, 0.1) is 10.2 Å². The number of aliphatic imine (C=N–C) groups is 1. The predicted octanol–water partition coefficient (Wildman–Crippen LogP) is 1.81. The molecule has 0 saturated heterocycles. The number of hydrogen-bond donors (Lipinski definition) is 3. The molecule has 1 aliphatic carbocycles. The highest BCUT2D eigenvalue weighted by molar-refractivity contribution is 9.10. The second-order valence-corrected chi connectivity index (χ2v) is 8.26. The Bertz CT molecular complexity index is 1230. The van der Waals surface area contributed by atoms with Gasteiger partial charge in [-0.15, -0.1) is 0 Å². The summed E-state index contributed by atoms with van der Waals surface area (Å²) in [7, 11) is 0. The molecule has 33 heavy (non-hydrogen) atoms. The number of amides is 1. The van der Waals surface area contributed by atoms with Gasteiger partial charge < -0.3 is 11.1 Å². The van der Waals surface area contributed by atoms with Crippen molar-refractivity contribution in [3.63, 3.8) is 0 Å². The first-order chi connectivity index (χ1) is 15.9. The van der Waals surface area contributed by atoms with Crippen LogP contribution in [0.15, 0.2) is 41.6 Å². The minimum Gasteiger partial charge on any atom is -0.370 e. The van der Waals surface area contributed by atoms with Gasteiger partial charge in [-0.25, -0.2) is 18.4 Å². The lowest BCUT2D eigenvalue weighted by Gasteiger charge is -2.06. The van der Waals surface area contributed by atoms with Crippen molar-refractivity contribution in [2.24, 2.45) is 16.6 Å². The number of rotatable bonds is 9. The number of guanidine groups is 1. The molecule has 1 aromatic carbocycles. The van der Waals surface area contributed by atoms with Crippen LogP contribution in [0, 0.1) is 11.7 Å². The van der Waals surface area contributed by atoms with Crippen LogP contribution in [0.1, 0.15) is 25.7 Å². The van der Waals surface area contributed by atoms with Crippen LogP contribution in [0.2, 0.25) is 0 Å². The zero-order chi connectivity index (χ0) is 23.4. The average Bonchev–Trinajstić information content (AvgIpc) is 3.32. The highest BCUT2D eigenvalue weighted by atomic mass is 79.9. The van der Waals surface area contributed by atoms with Crippen LogP contribution < -0.4 is 22.1 Å². The van der Waals surface area contributed by atoms with Gasteiger partial charge in [0, 0.05) is 19.5 Å². The molecule has 0 unspecified atom stereocenters. The van der Waals surface area contributed by atoms with Crippen molar-refractivity contribution in [1.82, 2.24) is 25.4 Å². The second-order valence-electron chi connectivity index (χ2n) is 7.41. The van der Waals surface area contributed by atoms with E-state index in [1.54, 1.807) is 0 Å². The molecule has 4 rings (SSSR count). The number of nitrogens with one attached hydrogen (secondary N) is 2. The third-order valence-electron chi connectivity index (χ3n) is 4.81. The molecule has 0 atom stereocenters. The van der Waals surface area contributed by atoms with E-state index in [4.69, 9.17) is 14.9 Å². The van der Waals surface area contributed by atoms with Crippen molar-refractivity contribution in [2.45, 2.75) is 25.7 Å². The number of nitrogens with two attached hydrogens (primary N) is 1. The Hall–Kier alpha value is -3.55. The lowest BCUT2D eigenvalue weighted by molar-refractivity contribution is -0.120. The number of carbonyl (C=O) groups is 1. The molecular formula is C19H20BrFN8O4. The van der Waals surface area contributed by atoms with E-state index in [0.29, 0.717) is 37.5 Å². The summed E-state index contributed by atoms with van der Waals surface area (Å²) in [5.74, 6) is -0.579. The van der Waals surface area contributed by atoms with Crippen LogP contribution >= 0.6 is 15.9 Å². The Morgan fingerprint density at radius 1 is 1.33 bits per heavy atom. The third-order valence-corrected chi connectivity index (χ3v) is 5.42. The molecule has 1 aliphatic rings. The van der Waals surface area contributed by atoms with Crippen molar-refractivity contribution in [2.75, 3.05) is 18.4 Å². The Labute approximate surface area is 194 Å². The molecule has 0 spiro atoms. The lowest BCUT2D eigenvalue weighted by Crippen LogP contribution is -2.37. The molecule has 4 N–H and O–H groups in total. The molecule has 3 aromatic rings. The van der Waals surface area contributed by atoms with E-state index < -0.39 is 11.6 Å². The van der Waals surface area contributed by atoms with Crippen LogP contribution in [0.4, 0.5) is 10.2 Å². The van der Waals surface area contributed by atoms with E-state index in [1.165, 1.54) is 18.2 Å². The van der Waals surface area contributed by atoms with Crippen molar-refractivity contribution in [1.29, 1.82) is 0 Å². The zero-order valence-corrected chi connectivity index (χ0v) is 18.8. The van der Waals surface area contributed by atoms with Gasteiger partial charge in [-0.1, -0.05) is 5.16 Å². The number of benzene rings is 1. The van der Waals surface area contributed by atoms with Crippen LogP contribution in [0.3, 0.4) is 0 Å². The number of carbonyl (C=O) groups excluding carboxylic acids is 1. The molecule has 174 valence electrons. The fourth-order valence-corrected chi connectivity index (χ4v) is 3.37. The standard InChI is InChI=1S/C19H20BrFN8O4/c20-12-9-11(4-5-13(12)21)29-17(28-32-19(29)31)15-16(27-33-26-15)23-6-1-7-24-18(22)25-14(30)8-10-2-3-10/h4-5,9-10H,1-3,6-8H2,(H,23,27)(H3,22,24,25,30). The summed E-state index contributed by atoms with van der Waals surface area (Å²) in [6, 6.07) is 4.00. The minimum absolute atomic E-state index is 0.0305. The lowest BCUT2D eigenvalue weighted by atomic mass is 10.3. The van der Waals surface area contributed by atoms with Crippen molar-refractivity contribution >= 4 is 33.6 Å². The van der Waals surface area contributed by atoms with Crippen molar-refractivity contribution < 1.29 is 18.3 Å². The van der Waals surface area contributed by atoms with E-state index in [2.05, 4.69) is 47.0 Å². The summed E-state index contributed by atoms with van der Waals surface area (Å²) in [5.41, 5.74) is 6.17.